The Hall–Kier alpha value is -0.790. The lowest BCUT2D eigenvalue weighted by Gasteiger charge is -2.11. The summed E-state index contributed by atoms with van der Waals surface area (Å²) in [5.41, 5.74) is 6.61. The van der Waals surface area contributed by atoms with Crippen molar-refractivity contribution in [1.82, 2.24) is 0 Å². The van der Waals surface area contributed by atoms with Gasteiger partial charge in [0.05, 0.1) is 24.2 Å². The normalized spacial score (nSPS) is 11.8. The fourth-order valence-electron chi connectivity index (χ4n) is 1.23. The standard InChI is InChI=1S/C11H17BrN2O3S/c1-8(2)17-5-6-18(15,16)14-11-4-3-9(13)7-10(11)12/h3-4,7-8,14H,5-6,13H2,1-2H3. The molecule has 1 aromatic carbocycles. The van der Waals surface area contributed by atoms with E-state index in [-0.39, 0.29) is 18.5 Å². The molecule has 3 N–H and O–H groups in total. The molecule has 0 fully saturated rings. The minimum atomic E-state index is -3.41. The van der Waals surface area contributed by atoms with E-state index in [0.29, 0.717) is 15.8 Å². The third kappa shape index (κ3) is 5.24. The van der Waals surface area contributed by atoms with Crippen LogP contribution in [0.2, 0.25) is 0 Å². The maximum absolute atomic E-state index is 11.8. The van der Waals surface area contributed by atoms with Gasteiger partial charge in [-0.25, -0.2) is 8.42 Å². The van der Waals surface area contributed by atoms with Crippen LogP contribution in [0.3, 0.4) is 0 Å². The molecule has 1 rings (SSSR count). The predicted octanol–water partition coefficient (Wildman–Crippen LogP) is 2.20. The van der Waals surface area contributed by atoms with Gasteiger partial charge in [0.25, 0.3) is 0 Å². The summed E-state index contributed by atoms with van der Waals surface area (Å²) in [7, 11) is -3.41. The maximum atomic E-state index is 11.8. The smallest absolute Gasteiger partial charge is 0.235 e. The largest absolute Gasteiger partial charge is 0.399 e. The molecule has 0 unspecified atom stereocenters. The Morgan fingerprint density at radius 1 is 1.44 bits per heavy atom. The van der Waals surface area contributed by atoms with Gasteiger partial charge in [0.15, 0.2) is 0 Å². The summed E-state index contributed by atoms with van der Waals surface area (Å²) < 4.78 is 31.8. The third-order valence-corrected chi connectivity index (χ3v) is 3.95. The van der Waals surface area contributed by atoms with Crippen LogP contribution in [0.5, 0.6) is 0 Å². The van der Waals surface area contributed by atoms with Crippen LogP contribution in [0.25, 0.3) is 0 Å². The molecule has 0 radical (unpaired) electrons. The fourth-order valence-corrected chi connectivity index (χ4v) is 2.78. The van der Waals surface area contributed by atoms with E-state index in [1.54, 1.807) is 18.2 Å². The van der Waals surface area contributed by atoms with Crippen molar-refractivity contribution in [1.29, 1.82) is 0 Å². The van der Waals surface area contributed by atoms with Gasteiger partial charge >= 0.3 is 0 Å². The van der Waals surface area contributed by atoms with Crippen LogP contribution in [0.1, 0.15) is 13.8 Å². The van der Waals surface area contributed by atoms with E-state index >= 15 is 0 Å². The van der Waals surface area contributed by atoms with E-state index in [4.69, 9.17) is 10.5 Å². The van der Waals surface area contributed by atoms with Crippen molar-refractivity contribution in [2.24, 2.45) is 0 Å². The molecule has 0 saturated heterocycles. The van der Waals surface area contributed by atoms with Crippen LogP contribution in [0.15, 0.2) is 22.7 Å². The van der Waals surface area contributed by atoms with E-state index in [1.165, 1.54) is 0 Å². The fraction of sp³-hybridized carbons (Fsp3) is 0.455. The average Bonchev–Trinajstić information content (AvgIpc) is 2.21. The summed E-state index contributed by atoms with van der Waals surface area (Å²) in [6, 6.07) is 4.88. The van der Waals surface area contributed by atoms with E-state index < -0.39 is 10.0 Å². The number of halogens is 1. The second kappa shape index (κ2) is 6.40. The van der Waals surface area contributed by atoms with Crippen molar-refractivity contribution in [2.45, 2.75) is 20.0 Å². The molecule has 0 atom stereocenters. The van der Waals surface area contributed by atoms with Gasteiger partial charge in [-0.2, -0.15) is 0 Å². The summed E-state index contributed by atoms with van der Waals surface area (Å²) in [6.45, 7) is 3.88. The zero-order chi connectivity index (χ0) is 13.8. The van der Waals surface area contributed by atoms with Gasteiger partial charge in [0, 0.05) is 10.2 Å². The van der Waals surface area contributed by atoms with E-state index in [0.717, 1.165) is 0 Å². The summed E-state index contributed by atoms with van der Waals surface area (Å²) in [5, 5.41) is 0. The van der Waals surface area contributed by atoms with Gasteiger partial charge in [-0.05, 0) is 48.0 Å². The maximum Gasteiger partial charge on any atom is 0.235 e. The van der Waals surface area contributed by atoms with E-state index in [2.05, 4.69) is 20.7 Å². The van der Waals surface area contributed by atoms with Crippen LogP contribution in [-0.4, -0.2) is 26.9 Å². The molecule has 0 aromatic heterocycles. The van der Waals surface area contributed by atoms with Gasteiger partial charge in [0.1, 0.15) is 0 Å². The Morgan fingerprint density at radius 2 is 2.11 bits per heavy atom. The first-order valence-corrected chi connectivity index (χ1v) is 7.92. The molecular formula is C11H17BrN2O3S. The highest BCUT2D eigenvalue weighted by Gasteiger charge is 2.12. The topological polar surface area (TPSA) is 81.4 Å². The lowest BCUT2D eigenvalue weighted by atomic mass is 10.3. The quantitative estimate of drug-likeness (QED) is 0.780. The van der Waals surface area contributed by atoms with Crippen molar-refractivity contribution in [2.75, 3.05) is 22.8 Å². The van der Waals surface area contributed by atoms with Crippen molar-refractivity contribution < 1.29 is 13.2 Å². The van der Waals surface area contributed by atoms with Crippen molar-refractivity contribution >= 4 is 37.3 Å². The molecule has 0 aliphatic carbocycles. The van der Waals surface area contributed by atoms with Gasteiger partial charge in [-0.3, -0.25) is 4.72 Å². The Kier molecular flexibility index (Phi) is 5.43. The van der Waals surface area contributed by atoms with Crippen LogP contribution in [0, 0.1) is 0 Å². The summed E-state index contributed by atoms with van der Waals surface area (Å²) >= 11 is 3.25. The Labute approximate surface area is 116 Å². The molecule has 18 heavy (non-hydrogen) atoms. The van der Waals surface area contributed by atoms with Gasteiger partial charge in [-0.1, -0.05) is 0 Å². The average molecular weight is 337 g/mol. The Morgan fingerprint density at radius 3 is 2.67 bits per heavy atom. The zero-order valence-electron chi connectivity index (χ0n) is 10.3. The van der Waals surface area contributed by atoms with Crippen LogP contribution in [0.4, 0.5) is 11.4 Å². The highest BCUT2D eigenvalue weighted by Crippen LogP contribution is 2.25. The van der Waals surface area contributed by atoms with Crippen LogP contribution in [-0.2, 0) is 14.8 Å². The third-order valence-electron chi connectivity index (χ3n) is 2.06. The van der Waals surface area contributed by atoms with Gasteiger partial charge in [-0.15, -0.1) is 0 Å². The first kappa shape index (κ1) is 15.3. The number of ether oxygens (including phenoxy) is 1. The molecule has 0 heterocycles. The summed E-state index contributed by atoms with van der Waals surface area (Å²) in [5.74, 6) is -0.0814. The lowest BCUT2D eigenvalue weighted by molar-refractivity contribution is 0.0913. The van der Waals surface area contributed by atoms with Crippen LogP contribution < -0.4 is 10.5 Å². The molecule has 0 aliphatic heterocycles. The van der Waals surface area contributed by atoms with Crippen molar-refractivity contribution in [3.8, 4) is 0 Å². The number of hydrogen-bond donors (Lipinski definition) is 2. The second-order valence-corrected chi connectivity index (χ2v) is 6.78. The van der Waals surface area contributed by atoms with Crippen molar-refractivity contribution in [3.05, 3.63) is 22.7 Å². The number of nitrogen functional groups attached to an aromatic ring is 1. The molecule has 7 heteroatoms. The number of rotatable bonds is 6. The van der Waals surface area contributed by atoms with Gasteiger partial charge in [0.2, 0.25) is 10.0 Å². The number of benzene rings is 1. The van der Waals surface area contributed by atoms with Gasteiger partial charge < -0.3 is 10.5 Å². The SMILES string of the molecule is CC(C)OCCS(=O)(=O)Nc1ccc(N)cc1Br. The molecule has 0 spiro atoms. The summed E-state index contributed by atoms with van der Waals surface area (Å²) in [6.07, 6.45) is 0.0171. The number of hydrogen-bond acceptors (Lipinski definition) is 4. The minimum absolute atomic E-state index is 0.0171. The molecular weight excluding hydrogens is 320 g/mol. The lowest BCUT2D eigenvalue weighted by Crippen LogP contribution is -2.21. The first-order chi connectivity index (χ1) is 8.30. The molecule has 102 valence electrons. The zero-order valence-corrected chi connectivity index (χ0v) is 12.7. The molecule has 0 amide bonds. The number of anilines is 2. The first-order valence-electron chi connectivity index (χ1n) is 5.47. The minimum Gasteiger partial charge on any atom is -0.399 e. The van der Waals surface area contributed by atoms with Crippen molar-refractivity contribution in [3.63, 3.8) is 0 Å². The monoisotopic (exact) mass is 336 g/mol. The number of nitrogens with two attached hydrogens (primary N) is 1. The highest BCUT2D eigenvalue weighted by molar-refractivity contribution is 9.10. The number of nitrogens with one attached hydrogen (secondary N) is 1. The Bertz CT molecular complexity index is 503. The second-order valence-electron chi connectivity index (χ2n) is 4.08. The molecule has 1 aromatic rings. The predicted molar refractivity (Wildman–Crippen MR) is 77.1 cm³/mol. The molecule has 0 bridgehead atoms. The Balaban J connectivity index is 2.65. The highest BCUT2D eigenvalue weighted by atomic mass is 79.9. The van der Waals surface area contributed by atoms with E-state index in [1.807, 2.05) is 13.8 Å². The number of sulfonamides is 1. The van der Waals surface area contributed by atoms with Crippen LogP contribution >= 0.6 is 15.9 Å². The summed E-state index contributed by atoms with van der Waals surface area (Å²) in [4.78, 5) is 0. The molecule has 0 aliphatic rings. The molecule has 5 nitrogen and oxygen atoms in total. The molecule has 0 saturated carbocycles. The van der Waals surface area contributed by atoms with E-state index in [9.17, 15) is 8.42 Å².